The zero-order chi connectivity index (χ0) is 12.0. The van der Waals surface area contributed by atoms with Crippen molar-refractivity contribution in [2.24, 2.45) is 0 Å². The van der Waals surface area contributed by atoms with Crippen LogP contribution in [0.1, 0.15) is 59.8 Å². The summed E-state index contributed by atoms with van der Waals surface area (Å²) in [5.74, 6) is 0. The van der Waals surface area contributed by atoms with Gasteiger partial charge in [-0.25, -0.2) is 0 Å². The van der Waals surface area contributed by atoms with E-state index in [1.807, 2.05) is 0 Å². The summed E-state index contributed by atoms with van der Waals surface area (Å²) in [7, 11) is 0. The van der Waals surface area contributed by atoms with Gasteiger partial charge < -0.3 is 5.32 Å². The van der Waals surface area contributed by atoms with Crippen LogP contribution in [-0.4, -0.2) is 36.1 Å². The molecule has 0 aromatic rings. The molecule has 2 heteroatoms. The second-order valence-electron chi connectivity index (χ2n) is 5.42. The molecule has 0 amide bonds. The molecule has 0 saturated carbocycles. The van der Waals surface area contributed by atoms with Gasteiger partial charge in [-0.05, 0) is 53.1 Å². The van der Waals surface area contributed by atoms with Crippen LogP contribution in [0, 0.1) is 0 Å². The summed E-state index contributed by atoms with van der Waals surface area (Å²) in [6, 6.07) is 2.04. The van der Waals surface area contributed by atoms with E-state index in [9.17, 15) is 0 Å². The topological polar surface area (TPSA) is 15.3 Å². The Morgan fingerprint density at radius 2 is 2.00 bits per heavy atom. The lowest BCUT2D eigenvalue weighted by Crippen LogP contribution is -2.50. The third-order valence-electron chi connectivity index (χ3n) is 4.07. The molecule has 0 bridgehead atoms. The second kappa shape index (κ2) is 7.29. The molecular weight excluding hydrogens is 196 g/mol. The van der Waals surface area contributed by atoms with Gasteiger partial charge in [-0.15, -0.1) is 0 Å². The number of hydrogen-bond donors (Lipinski definition) is 1. The Balaban J connectivity index is 2.45. The number of hydrogen-bond acceptors (Lipinski definition) is 2. The Bertz CT molecular complexity index is 182. The first kappa shape index (κ1) is 14.0. The van der Waals surface area contributed by atoms with Crippen LogP contribution < -0.4 is 5.32 Å². The fourth-order valence-corrected chi connectivity index (χ4v) is 2.73. The van der Waals surface area contributed by atoms with Gasteiger partial charge in [0.2, 0.25) is 0 Å². The molecule has 0 radical (unpaired) electrons. The maximum atomic E-state index is 3.63. The van der Waals surface area contributed by atoms with E-state index in [1.54, 1.807) is 0 Å². The van der Waals surface area contributed by atoms with Gasteiger partial charge in [-0.1, -0.05) is 19.8 Å². The molecule has 0 aromatic heterocycles. The van der Waals surface area contributed by atoms with Gasteiger partial charge in [0.15, 0.2) is 0 Å². The van der Waals surface area contributed by atoms with Crippen molar-refractivity contribution < 1.29 is 0 Å². The largest absolute Gasteiger partial charge is 0.313 e. The number of likely N-dealkylation sites (tertiary alicyclic amines) is 1. The summed E-state index contributed by atoms with van der Waals surface area (Å²) in [5, 5.41) is 3.63. The first-order valence-corrected chi connectivity index (χ1v) is 7.16. The molecule has 3 atom stereocenters. The molecule has 2 nitrogen and oxygen atoms in total. The number of rotatable bonds is 5. The lowest BCUT2D eigenvalue weighted by atomic mass is 10.1. The molecule has 0 spiro atoms. The lowest BCUT2D eigenvalue weighted by Gasteiger charge is -2.37. The van der Waals surface area contributed by atoms with Crippen molar-refractivity contribution in [3.05, 3.63) is 0 Å². The van der Waals surface area contributed by atoms with E-state index in [1.165, 1.54) is 38.6 Å². The van der Waals surface area contributed by atoms with E-state index in [-0.39, 0.29) is 0 Å². The molecule has 1 heterocycles. The third-order valence-corrected chi connectivity index (χ3v) is 4.07. The molecule has 1 saturated heterocycles. The highest BCUT2D eigenvalue weighted by Crippen LogP contribution is 2.20. The van der Waals surface area contributed by atoms with E-state index in [0.717, 1.165) is 12.6 Å². The zero-order valence-corrected chi connectivity index (χ0v) is 11.6. The highest BCUT2D eigenvalue weighted by molar-refractivity contribution is 4.82. The molecule has 1 fully saturated rings. The maximum Gasteiger partial charge on any atom is 0.0221 e. The van der Waals surface area contributed by atoms with Crippen LogP contribution in [0.3, 0.4) is 0 Å². The Labute approximate surface area is 102 Å². The van der Waals surface area contributed by atoms with Crippen LogP contribution in [0.4, 0.5) is 0 Å². The minimum absolute atomic E-state index is 0.612. The third kappa shape index (κ3) is 4.06. The molecule has 1 N–H and O–H groups in total. The van der Waals surface area contributed by atoms with Crippen LogP contribution in [0.15, 0.2) is 0 Å². The van der Waals surface area contributed by atoms with Gasteiger partial charge in [0.1, 0.15) is 0 Å². The fraction of sp³-hybridized carbons (Fsp3) is 1.00. The van der Waals surface area contributed by atoms with Crippen molar-refractivity contribution in [3.63, 3.8) is 0 Å². The number of nitrogens with zero attached hydrogens (tertiary/aromatic N) is 1. The molecule has 1 aliphatic rings. The van der Waals surface area contributed by atoms with E-state index < -0.39 is 0 Å². The van der Waals surface area contributed by atoms with Crippen molar-refractivity contribution in [2.75, 3.05) is 13.1 Å². The van der Waals surface area contributed by atoms with Crippen LogP contribution in [0.25, 0.3) is 0 Å². The van der Waals surface area contributed by atoms with Crippen molar-refractivity contribution in [1.82, 2.24) is 10.2 Å². The minimum atomic E-state index is 0.612. The first-order valence-electron chi connectivity index (χ1n) is 7.16. The molecule has 0 aliphatic carbocycles. The second-order valence-corrected chi connectivity index (χ2v) is 5.42. The van der Waals surface area contributed by atoms with Crippen LogP contribution in [0.5, 0.6) is 0 Å². The molecule has 96 valence electrons. The summed E-state index contributed by atoms with van der Waals surface area (Å²) in [4.78, 5) is 2.71. The summed E-state index contributed by atoms with van der Waals surface area (Å²) < 4.78 is 0. The first-order chi connectivity index (χ1) is 7.66. The lowest BCUT2D eigenvalue weighted by molar-refractivity contribution is 0.131. The molecule has 1 rings (SSSR count). The molecule has 16 heavy (non-hydrogen) atoms. The molecule has 1 aliphatic heterocycles. The average molecular weight is 226 g/mol. The Kier molecular flexibility index (Phi) is 6.37. The molecular formula is C14H30N2. The van der Waals surface area contributed by atoms with Crippen LogP contribution in [-0.2, 0) is 0 Å². The predicted molar refractivity (Wildman–Crippen MR) is 71.9 cm³/mol. The van der Waals surface area contributed by atoms with Crippen molar-refractivity contribution in [3.8, 4) is 0 Å². The zero-order valence-electron chi connectivity index (χ0n) is 11.6. The van der Waals surface area contributed by atoms with E-state index in [0.29, 0.717) is 12.1 Å². The Morgan fingerprint density at radius 1 is 1.25 bits per heavy atom. The summed E-state index contributed by atoms with van der Waals surface area (Å²) in [6.07, 6.45) is 6.83. The predicted octanol–water partition coefficient (Wildman–Crippen LogP) is 3.03. The van der Waals surface area contributed by atoms with Crippen molar-refractivity contribution in [2.45, 2.75) is 77.9 Å². The summed E-state index contributed by atoms with van der Waals surface area (Å²) >= 11 is 0. The van der Waals surface area contributed by atoms with Crippen LogP contribution in [0.2, 0.25) is 0 Å². The van der Waals surface area contributed by atoms with Gasteiger partial charge in [0.05, 0.1) is 0 Å². The summed E-state index contributed by atoms with van der Waals surface area (Å²) in [5.41, 5.74) is 0. The Morgan fingerprint density at radius 3 is 2.69 bits per heavy atom. The molecule has 0 aromatic carbocycles. The summed E-state index contributed by atoms with van der Waals surface area (Å²) in [6.45, 7) is 11.8. The maximum absolute atomic E-state index is 3.63. The quantitative estimate of drug-likeness (QED) is 0.775. The van der Waals surface area contributed by atoms with E-state index in [2.05, 4.69) is 37.9 Å². The van der Waals surface area contributed by atoms with Crippen molar-refractivity contribution >= 4 is 0 Å². The highest BCUT2D eigenvalue weighted by atomic mass is 15.2. The number of nitrogens with one attached hydrogen (secondary N) is 1. The van der Waals surface area contributed by atoms with Gasteiger partial charge in [-0.2, -0.15) is 0 Å². The average Bonchev–Trinajstić information content (AvgIpc) is 2.49. The van der Waals surface area contributed by atoms with Gasteiger partial charge in [0, 0.05) is 18.1 Å². The monoisotopic (exact) mass is 226 g/mol. The van der Waals surface area contributed by atoms with Gasteiger partial charge in [0.25, 0.3) is 0 Å². The van der Waals surface area contributed by atoms with E-state index in [4.69, 9.17) is 0 Å². The van der Waals surface area contributed by atoms with Gasteiger partial charge >= 0.3 is 0 Å². The minimum Gasteiger partial charge on any atom is -0.313 e. The standard InChI is InChI=1S/C14H30N2/c1-5-10-15-13(3)14(4)16-11-8-6-7-9-12(16)2/h12-15H,5-11H2,1-4H3. The van der Waals surface area contributed by atoms with Gasteiger partial charge in [-0.3, -0.25) is 4.90 Å². The normalized spacial score (nSPS) is 27.4. The van der Waals surface area contributed by atoms with Crippen LogP contribution >= 0.6 is 0 Å². The fourth-order valence-electron chi connectivity index (χ4n) is 2.73. The molecule has 3 unspecified atom stereocenters. The SMILES string of the molecule is CCCNC(C)C(C)N1CCCCCC1C. The smallest absolute Gasteiger partial charge is 0.0221 e. The van der Waals surface area contributed by atoms with Crippen molar-refractivity contribution in [1.29, 1.82) is 0 Å². The Hall–Kier alpha value is -0.0800. The van der Waals surface area contributed by atoms with E-state index >= 15 is 0 Å². The highest BCUT2D eigenvalue weighted by Gasteiger charge is 2.25.